The number of pyridine rings is 1. The first kappa shape index (κ1) is 22.9. The zero-order valence-electron chi connectivity index (χ0n) is 18.4. The Morgan fingerprint density at radius 2 is 1.69 bits per heavy atom. The van der Waals surface area contributed by atoms with E-state index in [2.05, 4.69) is 0 Å². The predicted molar refractivity (Wildman–Crippen MR) is 126 cm³/mol. The third-order valence-electron chi connectivity index (χ3n) is 5.39. The van der Waals surface area contributed by atoms with Crippen LogP contribution in [-0.4, -0.2) is 16.8 Å². The van der Waals surface area contributed by atoms with Crippen molar-refractivity contribution in [2.24, 2.45) is 0 Å². The quantitative estimate of drug-likeness (QED) is 0.319. The molecule has 2 heterocycles. The van der Waals surface area contributed by atoms with Crippen LogP contribution in [0, 0.1) is 13.0 Å². The standard InChI is InChI=1S/C27H18FINO5/c1-34-20-9-5-8-19(14-20)30-21(16-6-3-2-4-7-16)15-22-23(26(30)32)25(31)24(27(33)35-22)29-18-12-10-17(28)11-13-18/h2-15,31H,1H3/q-1. The van der Waals surface area contributed by atoms with E-state index in [-0.39, 0.29) is 14.5 Å². The van der Waals surface area contributed by atoms with E-state index >= 15 is 0 Å². The van der Waals surface area contributed by atoms with Crippen LogP contribution in [0.5, 0.6) is 11.5 Å². The molecule has 0 aliphatic rings. The van der Waals surface area contributed by atoms with Crippen LogP contribution in [0.1, 0.15) is 0 Å². The molecule has 0 atom stereocenters. The van der Waals surface area contributed by atoms with Crippen molar-refractivity contribution in [2.45, 2.75) is 0 Å². The summed E-state index contributed by atoms with van der Waals surface area (Å²) in [5, 5.41) is 11.0. The Morgan fingerprint density at radius 1 is 0.943 bits per heavy atom. The van der Waals surface area contributed by atoms with Crippen molar-refractivity contribution in [1.29, 1.82) is 0 Å². The monoisotopic (exact) mass is 582 g/mol. The van der Waals surface area contributed by atoms with Gasteiger partial charge in [-0.05, 0) is 0 Å². The van der Waals surface area contributed by atoms with Crippen LogP contribution in [0.15, 0.2) is 98.9 Å². The number of nitrogens with zero attached hydrogens (tertiary/aromatic N) is 1. The average Bonchev–Trinajstić information content (AvgIpc) is 2.87. The summed E-state index contributed by atoms with van der Waals surface area (Å²) in [4.78, 5) is 26.7. The molecule has 0 saturated heterocycles. The minimum absolute atomic E-state index is 0.0117. The molecule has 0 aliphatic carbocycles. The van der Waals surface area contributed by atoms with Crippen molar-refractivity contribution in [3.05, 3.63) is 119 Å². The number of methoxy groups -OCH3 is 1. The minimum atomic E-state index is -1.23. The predicted octanol–water partition coefficient (Wildman–Crippen LogP) is 1.59. The van der Waals surface area contributed by atoms with Crippen LogP contribution in [-0.2, 0) is 0 Å². The molecule has 6 nitrogen and oxygen atoms in total. The second-order valence-corrected chi connectivity index (χ2v) is 10.4. The summed E-state index contributed by atoms with van der Waals surface area (Å²) in [6.07, 6.45) is 0. The molecule has 0 unspecified atom stereocenters. The van der Waals surface area contributed by atoms with Crippen molar-refractivity contribution in [3.8, 4) is 28.4 Å². The number of aromatic nitrogens is 1. The Bertz CT molecular complexity index is 1660. The normalized spacial score (nSPS) is 11.1. The number of benzene rings is 3. The first-order chi connectivity index (χ1) is 17.0. The maximum absolute atomic E-state index is 13.9. The SMILES string of the molecule is COc1cccc(-n2c(-c3ccccc3)cc3oc(=O)c([I-]c4ccc(F)cc4)c(O)c3c2=O)c1. The number of ether oxygens (including phenoxy) is 1. The molecule has 3 aromatic carbocycles. The van der Waals surface area contributed by atoms with Crippen LogP contribution in [0.25, 0.3) is 27.9 Å². The summed E-state index contributed by atoms with van der Waals surface area (Å²) < 4.78 is 26.4. The molecule has 176 valence electrons. The second kappa shape index (κ2) is 9.38. The number of halogens is 2. The van der Waals surface area contributed by atoms with Gasteiger partial charge in [-0.15, -0.1) is 0 Å². The van der Waals surface area contributed by atoms with Crippen molar-refractivity contribution >= 4 is 11.0 Å². The van der Waals surface area contributed by atoms with Crippen LogP contribution in [0.3, 0.4) is 0 Å². The number of rotatable bonds is 5. The number of aromatic hydroxyl groups is 1. The maximum atomic E-state index is 13.9. The zero-order chi connectivity index (χ0) is 24.5. The van der Waals surface area contributed by atoms with Crippen LogP contribution < -0.4 is 37.1 Å². The van der Waals surface area contributed by atoms with Gasteiger partial charge in [0.1, 0.15) is 0 Å². The molecule has 5 aromatic rings. The van der Waals surface area contributed by atoms with Crippen molar-refractivity contribution in [3.63, 3.8) is 0 Å². The second-order valence-electron chi connectivity index (χ2n) is 7.56. The average molecular weight is 582 g/mol. The first-order valence-electron chi connectivity index (χ1n) is 10.5. The summed E-state index contributed by atoms with van der Waals surface area (Å²) >= 11 is -1.23. The molecule has 0 radical (unpaired) electrons. The fraction of sp³-hybridized carbons (Fsp3) is 0.0370. The third kappa shape index (κ3) is 4.32. The summed E-state index contributed by atoms with van der Waals surface area (Å²) in [5.74, 6) is -0.253. The van der Waals surface area contributed by atoms with Crippen molar-refractivity contribution < 1.29 is 39.9 Å². The molecule has 2 aromatic heterocycles. The molecule has 0 aliphatic heterocycles. The topological polar surface area (TPSA) is 81.7 Å². The van der Waals surface area contributed by atoms with Gasteiger partial charge in [-0.3, -0.25) is 0 Å². The number of hydrogen-bond acceptors (Lipinski definition) is 5. The van der Waals surface area contributed by atoms with Gasteiger partial charge in [0.2, 0.25) is 0 Å². The van der Waals surface area contributed by atoms with E-state index in [9.17, 15) is 19.1 Å². The van der Waals surface area contributed by atoms with Gasteiger partial charge >= 0.3 is 210 Å². The first-order valence-corrected chi connectivity index (χ1v) is 12.7. The van der Waals surface area contributed by atoms with E-state index in [0.717, 1.165) is 5.56 Å². The molecule has 0 spiro atoms. The fourth-order valence-corrected chi connectivity index (χ4v) is 5.95. The molecule has 1 N–H and O–H groups in total. The van der Waals surface area contributed by atoms with E-state index in [1.807, 2.05) is 30.3 Å². The number of hydrogen-bond donors (Lipinski definition) is 1. The summed E-state index contributed by atoms with van der Waals surface area (Å²) in [5.41, 5.74) is 0.460. The van der Waals surface area contributed by atoms with E-state index in [0.29, 0.717) is 20.7 Å². The van der Waals surface area contributed by atoms with Gasteiger partial charge in [-0.1, -0.05) is 0 Å². The zero-order valence-corrected chi connectivity index (χ0v) is 20.5. The Kier molecular flexibility index (Phi) is 6.12. The fourth-order valence-electron chi connectivity index (χ4n) is 3.75. The summed E-state index contributed by atoms with van der Waals surface area (Å²) in [6.45, 7) is 0. The summed E-state index contributed by atoms with van der Waals surface area (Å²) in [6, 6.07) is 23.5. The van der Waals surface area contributed by atoms with Gasteiger partial charge in [-0.2, -0.15) is 0 Å². The molecule has 5 rings (SSSR count). The molecular formula is C27H18FINO5-. The Hall–Kier alpha value is -3.92. The third-order valence-corrected chi connectivity index (χ3v) is 8.22. The van der Waals surface area contributed by atoms with E-state index in [1.165, 1.54) is 23.8 Å². The van der Waals surface area contributed by atoms with Gasteiger partial charge in [0, 0.05) is 0 Å². The number of fused-ring (bicyclic) bond motifs is 1. The molecule has 0 fully saturated rings. The Morgan fingerprint density at radius 3 is 2.40 bits per heavy atom. The Labute approximate surface area is 209 Å². The van der Waals surface area contributed by atoms with E-state index in [1.54, 1.807) is 42.5 Å². The molecule has 8 heteroatoms. The Balaban J connectivity index is 1.80. The molecule has 0 bridgehead atoms. The summed E-state index contributed by atoms with van der Waals surface area (Å²) in [7, 11) is 1.53. The van der Waals surface area contributed by atoms with Gasteiger partial charge in [0.15, 0.2) is 0 Å². The van der Waals surface area contributed by atoms with Gasteiger partial charge in [0.05, 0.1) is 0 Å². The molecular weight excluding hydrogens is 564 g/mol. The van der Waals surface area contributed by atoms with Crippen LogP contribution in [0.4, 0.5) is 4.39 Å². The van der Waals surface area contributed by atoms with Crippen LogP contribution in [0.2, 0.25) is 0 Å². The molecule has 35 heavy (non-hydrogen) atoms. The van der Waals surface area contributed by atoms with Gasteiger partial charge in [-0.25, -0.2) is 0 Å². The van der Waals surface area contributed by atoms with Crippen molar-refractivity contribution in [2.75, 3.05) is 7.11 Å². The van der Waals surface area contributed by atoms with E-state index < -0.39 is 44.0 Å². The van der Waals surface area contributed by atoms with Gasteiger partial charge < -0.3 is 0 Å². The van der Waals surface area contributed by atoms with Gasteiger partial charge in [0.25, 0.3) is 0 Å². The van der Waals surface area contributed by atoms with E-state index in [4.69, 9.17) is 9.15 Å². The molecule has 0 amide bonds. The molecule has 0 saturated carbocycles. The van der Waals surface area contributed by atoms with Crippen LogP contribution >= 0.6 is 0 Å². The van der Waals surface area contributed by atoms with Crippen molar-refractivity contribution in [1.82, 2.24) is 4.57 Å².